The van der Waals surface area contributed by atoms with Crippen LogP contribution in [0.4, 0.5) is 10.1 Å². The smallest absolute Gasteiger partial charge is 0.335 e. The number of anilines is 1. The van der Waals surface area contributed by atoms with Gasteiger partial charge in [0, 0.05) is 51.4 Å². The van der Waals surface area contributed by atoms with Crippen molar-refractivity contribution in [2.45, 2.75) is 19.4 Å². The molecule has 0 amide bonds. The zero-order valence-corrected chi connectivity index (χ0v) is 22.6. The fraction of sp³-hybridized carbons (Fsp3) is 0.310. The van der Waals surface area contributed by atoms with E-state index in [1.165, 1.54) is 6.07 Å². The number of para-hydroxylation sites is 1. The molecular weight excluding hydrogens is 539 g/mol. The molecule has 1 atom stereocenters. The highest BCUT2D eigenvalue weighted by Gasteiger charge is 2.32. The molecule has 208 valence electrons. The van der Waals surface area contributed by atoms with Gasteiger partial charge < -0.3 is 28.8 Å². The van der Waals surface area contributed by atoms with Gasteiger partial charge in [0.15, 0.2) is 11.5 Å². The van der Waals surface area contributed by atoms with E-state index in [9.17, 15) is 14.3 Å². The summed E-state index contributed by atoms with van der Waals surface area (Å²) in [4.78, 5) is 21.0. The third kappa shape index (κ3) is 5.05. The number of aromatic carboxylic acids is 1. The molecule has 1 fully saturated rings. The standard InChI is InChI=1S/C29H28ClFN4O5/c1-38-12-11-35-17-32-26-19(13-18(28(36)37)14-24(26)35)16-33-7-9-34(10-8-33)23-3-2-4-25-27(23)40-29(39-25)21-6-5-20(30)15-22(21)31/h2-6,13-15,17,29H,7-12,16H2,1H3,(H,36,37). The monoisotopic (exact) mass is 566 g/mol. The number of benzene rings is 3. The molecular formula is C29H28ClFN4O5. The number of methoxy groups -OCH3 is 1. The largest absolute Gasteiger partial charge is 0.478 e. The van der Waals surface area contributed by atoms with Crippen molar-refractivity contribution in [1.82, 2.24) is 14.5 Å². The average molecular weight is 567 g/mol. The summed E-state index contributed by atoms with van der Waals surface area (Å²) in [6.45, 7) is 4.64. The Morgan fingerprint density at radius 1 is 1.15 bits per heavy atom. The molecule has 1 unspecified atom stereocenters. The first kappa shape index (κ1) is 26.4. The molecule has 40 heavy (non-hydrogen) atoms. The Hall–Kier alpha value is -3.86. The van der Waals surface area contributed by atoms with E-state index in [2.05, 4.69) is 14.8 Å². The molecule has 1 saturated heterocycles. The van der Waals surface area contributed by atoms with Crippen molar-refractivity contribution >= 4 is 34.3 Å². The van der Waals surface area contributed by atoms with E-state index < -0.39 is 18.1 Å². The van der Waals surface area contributed by atoms with Crippen LogP contribution in [0.2, 0.25) is 5.02 Å². The molecule has 2 aliphatic rings. The lowest BCUT2D eigenvalue weighted by atomic mass is 10.1. The molecule has 0 saturated carbocycles. The van der Waals surface area contributed by atoms with Gasteiger partial charge in [0.2, 0.25) is 0 Å². The zero-order chi connectivity index (χ0) is 27.8. The molecule has 2 aliphatic heterocycles. The van der Waals surface area contributed by atoms with Crippen molar-refractivity contribution in [2.24, 2.45) is 0 Å². The number of piperazine rings is 1. The van der Waals surface area contributed by atoms with Crippen molar-refractivity contribution in [3.8, 4) is 11.5 Å². The van der Waals surface area contributed by atoms with Crippen LogP contribution >= 0.6 is 11.6 Å². The molecule has 1 aromatic heterocycles. The van der Waals surface area contributed by atoms with Crippen molar-refractivity contribution in [2.75, 3.05) is 44.8 Å². The van der Waals surface area contributed by atoms with Gasteiger partial charge in [-0.1, -0.05) is 17.7 Å². The summed E-state index contributed by atoms with van der Waals surface area (Å²) in [5.74, 6) is -0.293. The third-order valence-corrected chi connectivity index (χ3v) is 7.56. The van der Waals surface area contributed by atoms with Gasteiger partial charge in [0.1, 0.15) is 5.82 Å². The molecule has 0 aliphatic carbocycles. The zero-order valence-electron chi connectivity index (χ0n) is 21.8. The first-order chi connectivity index (χ1) is 19.4. The molecule has 9 nitrogen and oxygen atoms in total. The maximum atomic E-state index is 14.5. The van der Waals surface area contributed by atoms with Crippen LogP contribution in [0.1, 0.15) is 27.8 Å². The van der Waals surface area contributed by atoms with Crippen molar-refractivity contribution in [1.29, 1.82) is 0 Å². The van der Waals surface area contributed by atoms with Gasteiger partial charge in [-0.2, -0.15) is 0 Å². The fourth-order valence-electron chi connectivity index (χ4n) is 5.27. The molecule has 0 radical (unpaired) electrons. The van der Waals surface area contributed by atoms with E-state index in [1.54, 1.807) is 37.7 Å². The predicted octanol–water partition coefficient (Wildman–Crippen LogP) is 4.97. The van der Waals surface area contributed by atoms with E-state index in [0.29, 0.717) is 36.2 Å². The lowest BCUT2D eigenvalue weighted by molar-refractivity contribution is 0.0455. The first-order valence-electron chi connectivity index (χ1n) is 13.0. The molecule has 3 aromatic carbocycles. The van der Waals surface area contributed by atoms with Gasteiger partial charge in [-0.25, -0.2) is 14.2 Å². The van der Waals surface area contributed by atoms with Crippen molar-refractivity contribution in [3.63, 3.8) is 0 Å². The van der Waals surface area contributed by atoms with Crippen LogP contribution in [0.3, 0.4) is 0 Å². The number of halogens is 2. The Kier molecular flexibility index (Phi) is 7.22. The summed E-state index contributed by atoms with van der Waals surface area (Å²) in [6, 6.07) is 13.5. The summed E-state index contributed by atoms with van der Waals surface area (Å²) in [6.07, 6.45) is 0.847. The Bertz CT molecular complexity index is 1570. The Morgan fingerprint density at radius 2 is 1.98 bits per heavy atom. The first-order valence-corrected chi connectivity index (χ1v) is 13.4. The number of carbonyl (C=O) groups is 1. The number of hydrogen-bond donors (Lipinski definition) is 1. The Morgan fingerprint density at radius 3 is 2.73 bits per heavy atom. The normalized spacial score (nSPS) is 17.1. The second kappa shape index (κ2) is 11.0. The van der Waals surface area contributed by atoms with E-state index in [4.69, 9.17) is 25.8 Å². The summed E-state index contributed by atoms with van der Waals surface area (Å²) in [7, 11) is 1.63. The van der Waals surface area contributed by atoms with E-state index in [1.807, 2.05) is 22.8 Å². The minimum Gasteiger partial charge on any atom is -0.478 e. The molecule has 1 N–H and O–H groups in total. The SMILES string of the molecule is COCCn1cnc2c(CN3CCN(c4cccc5c4OC(c4ccc(Cl)cc4F)O5)CC3)cc(C(=O)O)cc21. The van der Waals surface area contributed by atoms with E-state index in [0.717, 1.165) is 48.5 Å². The topological polar surface area (TPSA) is 89.3 Å². The summed E-state index contributed by atoms with van der Waals surface area (Å²) in [5.41, 5.74) is 3.88. The summed E-state index contributed by atoms with van der Waals surface area (Å²) >= 11 is 5.90. The van der Waals surface area contributed by atoms with Crippen LogP contribution in [-0.2, 0) is 17.8 Å². The lowest BCUT2D eigenvalue weighted by Gasteiger charge is -2.36. The van der Waals surface area contributed by atoms with Gasteiger partial charge in [-0.15, -0.1) is 0 Å². The van der Waals surface area contributed by atoms with Crippen LogP contribution in [-0.4, -0.2) is 65.4 Å². The van der Waals surface area contributed by atoms with Crippen LogP contribution in [0.5, 0.6) is 11.5 Å². The summed E-state index contributed by atoms with van der Waals surface area (Å²) < 4.78 is 33.7. The highest BCUT2D eigenvalue weighted by Crippen LogP contribution is 2.47. The maximum absolute atomic E-state index is 14.5. The second-order valence-electron chi connectivity index (χ2n) is 9.84. The number of nitrogens with zero attached hydrogens (tertiary/aromatic N) is 4. The number of aromatic nitrogens is 2. The highest BCUT2D eigenvalue weighted by atomic mass is 35.5. The molecule has 4 aromatic rings. The van der Waals surface area contributed by atoms with E-state index in [-0.39, 0.29) is 11.1 Å². The molecule has 6 rings (SSSR count). The number of hydrogen-bond acceptors (Lipinski definition) is 7. The quantitative estimate of drug-likeness (QED) is 0.320. The van der Waals surface area contributed by atoms with Gasteiger partial charge in [-0.05, 0) is 48.0 Å². The summed E-state index contributed by atoms with van der Waals surface area (Å²) in [5, 5.41) is 10.0. The number of carboxylic acid groups (broad SMARTS) is 1. The molecule has 0 spiro atoms. The second-order valence-corrected chi connectivity index (χ2v) is 10.3. The third-order valence-electron chi connectivity index (χ3n) is 7.33. The van der Waals surface area contributed by atoms with Crippen LogP contribution < -0.4 is 14.4 Å². The minimum absolute atomic E-state index is 0.240. The molecule has 3 heterocycles. The van der Waals surface area contributed by atoms with Crippen LogP contribution in [0.25, 0.3) is 11.0 Å². The average Bonchev–Trinajstić information content (AvgIpc) is 3.56. The van der Waals surface area contributed by atoms with Crippen LogP contribution in [0, 0.1) is 5.82 Å². The Balaban J connectivity index is 1.17. The number of ether oxygens (including phenoxy) is 3. The van der Waals surface area contributed by atoms with Gasteiger partial charge in [-0.3, -0.25) is 4.90 Å². The minimum atomic E-state index is -0.968. The highest BCUT2D eigenvalue weighted by molar-refractivity contribution is 6.30. The number of imidazole rings is 1. The Labute approximate surface area is 235 Å². The fourth-order valence-corrected chi connectivity index (χ4v) is 5.42. The molecule has 0 bridgehead atoms. The predicted molar refractivity (Wildman–Crippen MR) is 148 cm³/mol. The van der Waals surface area contributed by atoms with E-state index >= 15 is 0 Å². The number of fused-ring (bicyclic) bond motifs is 2. The number of rotatable bonds is 8. The van der Waals surface area contributed by atoms with Gasteiger partial charge in [0.25, 0.3) is 6.29 Å². The van der Waals surface area contributed by atoms with Crippen molar-refractivity contribution in [3.05, 3.63) is 82.4 Å². The number of carboxylic acids is 1. The molecule has 11 heteroatoms. The van der Waals surface area contributed by atoms with Gasteiger partial charge in [0.05, 0.1) is 40.8 Å². The lowest BCUT2D eigenvalue weighted by Crippen LogP contribution is -2.46. The maximum Gasteiger partial charge on any atom is 0.335 e. The van der Waals surface area contributed by atoms with Crippen molar-refractivity contribution < 1.29 is 28.5 Å². The van der Waals surface area contributed by atoms with Crippen LogP contribution in [0.15, 0.2) is 54.9 Å². The van der Waals surface area contributed by atoms with Gasteiger partial charge >= 0.3 is 5.97 Å².